The molecule has 0 aliphatic heterocycles. The molecule has 10 aromatic rings. The van der Waals surface area contributed by atoms with Crippen molar-refractivity contribution in [2.24, 2.45) is 0 Å². The van der Waals surface area contributed by atoms with Gasteiger partial charge in [0.15, 0.2) is 5.82 Å². The summed E-state index contributed by atoms with van der Waals surface area (Å²) < 4.78 is 6.85. The second kappa shape index (κ2) is 11.9. The molecular formula is C48H30N2O. The van der Waals surface area contributed by atoms with Gasteiger partial charge in [-0.15, -0.1) is 0 Å². The minimum absolute atomic E-state index is 0.665. The van der Waals surface area contributed by atoms with Gasteiger partial charge in [-0.05, 0) is 68.6 Å². The van der Waals surface area contributed by atoms with Gasteiger partial charge < -0.3 is 4.42 Å². The van der Waals surface area contributed by atoms with E-state index in [0.717, 1.165) is 71.9 Å². The summed E-state index contributed by atoms with van der Waals surface area (Å²) in [5.74, 6) is 0.665. The summed E-state index contributed by atoms with van der Waals surface area (Å²) in [7, 11) is 0. The molecule has 238 valence electrons. The van der Waals surface area contributed by atoms with Crippen molar-refractivity contribution in [1.82, 2.24) is 9.97 Å². The Morgan fingerprint density at radius 2 is 0.863 bits per heavy atom. The van der Waals surface area contributed by atoms with E-state index in [2.05, 4.69) is 170 Å². The van der Waals surface area contributed by atoms with E-state index in [1.807, 2.05) is 12.1 Å². The second-order valence-electron chi connectivity index (χ2n) is 13.0. The predicted molar refractivity (Wildman–Crippen MR) is 212 cm³/mol. The highest BCUT2D eigenvalue weighted by Crippen LogP contribution is 2.44. The van der Waals surface area contributed by atoms with E-state index in [-0.39, 0.29) is 0 Å². The first-order valence-corrected chi connectivity index (χ1v) is 17.2. The van der Waals surface area contributed by atoms with Crippen LogP contribution in [0.1, 0.15) is 0 Å². The van der Waals surface area contributed by atoms with E-state index >= 15 is 0 Å². The highest BCUT2D eigenvalue weighted by atomic mass is 16.3. The number of furan rings is 1. The molecule has 3 nitrogen and oxygen atoms in total. The molecule has 0 radical (unpaired) electrons. The summed E-state index contributed by atoms with van der Waals surface area (Å²) in [4.78, 5) is 10.5. The Labute approximate surface area is 295 Å². The zero-order valence-corrected chi connectivity index (χ0v) is 27.6. The Morgan fingerprint density at radius 1 is 0.333 bits per heavy atom. The summed E-state index contributed by atoms with van der Waals surface area (Å²) in [6.07, 6.45) is 0. The van der Waals surface area contributed by atoms with Crippen LogP contribution in [0.25, 0.3) is 99.6 Å². The topological polar surface area (TPSA) is 38.9 Å². The third-order valence-corrected chi connectivity index (χ3v) is 9.86. The van der Waals surface area contributed by atoms with Crippen LogP contribution in [0, 0.1) is 0 Å². The Morgan fingerprint density at radius 3 is 1.51 bits per heavy atom. The van der Waals surface area contributed by atoms with Crippen LogP contribution < -0.4 is 0 Å². The van der Waals surface area contributed by atoms with Gasteiger partial charge in [0.25, 0.3) is 0 Å². The number of hydrogen-bond acceptors (Lipinski definition) is 3. The fraction of sp³-hybridized carbons (Fsp3) is 0. The van der Waals surface area contributed by atoms with Gasteiger partial charge in [-0.2, -0.15) is 0 Å². The molecule has 3 heteroatoms. The lowest BCUT2D eigenvalue weighted by Gasteiger charge is -2.14. The van der Waals surface area contributed by atoms with Gasteiger partial charge in [0, 0.05) is 33.0 Å². The van der Waals surface area contributed by atoms with Crippen LogP contribution in [0.3, 0.4) is 0 Å². The molecule has 0 bridgehead atoms. The molecule has 0 spiro atoms. The molecule has 2 heterocycles. The van der Waals surface area contributed by atoms with Crippen molar-refractivity contribution in [3.63, 3.8) is 0 Å². The number of hydrogen-bond donors (Lipinski definition) is 0. The smallest absolute Gasteiger partial charge is 0.160 e. The van der Waals surface area contributed by atoms with E-state index in [4.69, 9.17) is 14.4 Å². The normalized spacial score (nSPS) is 11.5. The van der Waals surface area contributed by atoms with Gasteiger partial charge in [-0.1, -0.05) is 152 Å². The van der Waals surface area contributed by atoms with Crippen LogP contribution in [0.15, 0.2) is 186 Å². The molecular weight excluding hydrogens is 621 g/mol. The molecule has 0 saturated carbocycles. The third kappa shape index (κ3) is 5.06. The SMILES string of the molecule is c1ccc(-c2cc(-c3ccccc3)nc(-c3cc(-c4ccc(-c5ccccc5)c5ccccc45)c4oc5cc6ccccc6cc5c4c3)n2)cc1. The van der Waals surface area contributed by atoms with Crippen molar-refractivity contribution in [1.29, 1.82) is 0 Å². The third-order valence-electron chi connectivity index (χ3n) is 9.86. The first kappa shape index (κ1) is 29.1. The maximum Gasteiger partial charge on any atom is 0.160 e. The minimum atomic E-state index is 0.665. The van der Waals surface area contributed by atoms with Gasteiger partial charge in [-0.3, -0.25) is 0 Å². The molecule has 10 rings (SSSR count). The van der Waals surface area contributed by atoms with E-state index in [0.29, 0.717) is 5.82 Å². The van der Waals surface area contributed by atoms with Crippen LogP contribution in [0.2, 0.25) is 0 Å². The summed E-state index contributed by atoms with van der Waals surface area (Å²) in [6.45, 7) is 0. The van der Waals surface area contributed by atoms with Crippen molar-refractivity contribution in [3.05, 3.63) is 182 Å². The molecule has 0 N–H and O–H groups in total. The molecule has 0 atom stereocenters. The Balaban J connectivity index is 1.28. The highest BCUT2D eigenvalue weighted by molar-refractivity contribution is 6.17. The summed E-state index contributed by atoms with van der Waals surface area (Å²) >= 11 is 0. The van der Waals surface area contributed by atoms with Gasteiger partial charge in [0.05, 0.1) is 11.4 Å². The molecule has 0 aliphatic carbocycles. The van der Waals surface area contributed by atoms with E-state index in [1.54, 1.807) is 0 Å². The monoisotopic (exact) mass is 650 g/mol. The maximum absolute atomic E-state index is 6.85. The lowest BCUT2D eigenvalue weighted by atomic mass is 9.90. The molecule has 0 aliphatic rings. The van der Waals surface area contributed by atoms with E-state index < -0.39 is 0 Å². The van der Waals surface area contributed by atoms with Gasteiger partial charge in [0.2, 0.25) is 0 Å². The van der Waals surface area contributed by atoms with Crippen LogP contribution in [-0.4, -0.2) is 9.97 Å². The second-order valence-corrected chi connectivity index (χ2v) is 13.0. The molecule has 0 fully saturated rings. The number of nitrogens with zero attached hydrogens (tertiary/aromatic N) is 2. The largest absolute Gasteiger partial charge is 0.455 e. The minimum Gasteiger partial charge on any atom is -0.455 e. The van der Waals surface area contributed by atoms with Gasteiger partial charge >= 0.3 is 0 Å². The van der Waals surface area contributed by atoms with Gasteiger partial charge in [0.1, 0.15) is 11.2 Å². The van der Waals surface area contributed by atoms with Crippen molar-refractivity contribution in [3.8, 4) is 56.2 Å². The quantitative estimate of drug-likeness (QED) is 0.186. The van der Waals surface area contributed by atoms with Crippen LogP contribution >= 0.6 is 0 Å². The summed E-state index contributed by atoms with van der Waals surface area (Å²) in [5, 5.41) is 6.77. The zero-order valence-electron chi connectivity index (χ0n) is 27.6. The first-order valence-electron chi connectivity index (χ1n) is 17.2. The first-order chi connectivity index (χ1) is 25.3. The Hall–Kier alpha value is -6.84. The molecule has 0 amide bonds. The van der Waals surface area contributed by atoms with Crippen LogP contribution in [0.4, 0.5) is 0 Å². The summed E-state index contributed by atoms with van der Waals surface area (Å²) in [5.41, 5.74) is 11.0. The lowest BCUT2D eigenvalue weighted by molar-refractivity contribution is 0.670. The maximum atomic E-state index is 6.85. The van der Waals surface area contributed by atoms with Crippen molar-refractivity contribution in [2.75, 3.05) is 0 Å². The molecule has 2 aromatic heterocycles. The average molecular weight is 651 g/mol. The number of benzene rings is 8. The highest BCUT2D eigenvalue weighted by Gasteiger charge is 2.20. The molecule has 0 saturated heterocycles. The molecule has 51 heavy (non-hydrogen) atoms. The van der Waals surface area contributed by atoms with Crippen LogP contribution in [0.5, 0.6) is 0 Å². The Bertz CT molecular complexity index is 2840. The predicted octanol–water partition coefficient (Wildman–Crippen LogP) is 13.0. The van der Waals surface area contributed by atoms with Crippen molar-refractivity contribution >= 4 is 43.5 Å². The van der Waals surface area contributed by atoms with Crippen molar-refractivity contribution in [2.45, 2.75) is 0 Å². The van der Waals surface area contributed by atoms with Gasteiger partial charge in [-0.25, -0.2) is 9.97 Å². The number of rotatable bonds is 5. The van der Waals surface area contributed by atoms with Crippen molar-refractivity contribution < 1.29 is 4.42 Å². The number of aromatic nitrogens is 2. The number of fused-ring (bicyclic) bond motifs is 5. The van der Waals surface area contributed by atoms with Crippen LogP contribution in [-0.2, 0) is 0 Å². The molecule has 8 aromatic carbocycles. The standard InChI is InChI=1S/C48H30N2O/c1-4-14-31(15-5-1)37-24-25-40(39-23-13-12-22-38(37)39)42-27-36(28-43-41-26-34-20-10-11-21-35(34)29-46(41)51-47(42)43)48-49-44(32-16-6-2-7-17-32)30-45(50-48)33-18-8-3-9-19-33/h1-30H. The zero-order chi connectivity index (χ0) is 33.7. The fourth-order valence-corrected chi connectivity index (χ4v) is 7.39. The average Bonchev–Trinajstić information content (AvgIpc) is 3.57. The fourth-order valence-electron chi connectivity index (χ4n) is 7.39. The van der Waals surface area contributed by atoms with E-state index in [1.165, 1.54) is 21.9 Å². The summed E-state index contributed by atoms with van der Waals surface area (Å²) in [6, 6.07) is 63.8. The Kier molecular flexibility index (Phi) is 6.81. The molecule has 0 unspecified atom stereocenters. The lowest BCUT2D eigenvalue weighted by Crippen LogP contribution is -1.96. The van der Waals surface area contributed by atoms with E-state index in [9.17, 15) is 0 Å².